The maximum atomic E-state index is 3.79. The smallest absolute Gasteiger partial charge is 0.0221 e. The van der Waals surface area contributed by atoms with E-state index in [2.05, 4.69) is 31.0 Å². The van der Waals surface area contributed by atoms with E-state index < -0.39 is 0 Å². The first-order valence-electron chi connectivity index (χ1n) is 8.69. The Morgan fingerprint density at radius 1 is 1.21 bits per heavy atom. The molecule has 1 heterocycles. The van der Waals surface area contributed by atoms with Crippen LogP contribution in [0.2, 0.25) is 0 Å². The van der Waals surface area contributed by atoms with E-state index in [0.29, 0.717) is 0 Å². The molecule has 108 valence electrons. The Bertz CT molecular complexity index is 339. The van der Waals surface area contributed by atoms with Gasteiger partial charge in [0.05, 0.1) is 0 Å². The molecule has 4 rings (SSSR count). The standard InChI is InChI=1S/C17H30N2/c1-4-10(2)14-9-19(11(3)8-18-14)17-15-12-5-6-13(7-12)16(15)17/h10-18H,4-9H2,1-3H3. The van der Waals surface area contributed by atoms with Crippen molar-refractivity contribution in [2.75, 3.05) is 13.1 Å². The van der Waals surface area contributed by atoms with Gasteiger partial charge in [-0.3, -0.25) is 4.90 Å². The zero-order valence-electron chi connectivity index (χ0n) is 12.8. The Hall–Kier alpha value is -0.0800. The Morgan fingerprint density at radius 2 is 1.89 bits per heavy atom. The molecule has 3 aliphatic carbocycles. The fourth-order valence-electron chi connectivity index (χ4n) is 5.71. The summed E-state index contributed by atoms with van der Waals surface area (Å²) in [6.07, 6.45) is 6.00. The van der Waals surface area contributed by atoms with Gasteiger partial charge in [-0.15, -0.1) is 0 Å². The number of rotatable bonds is 3. The first kappa shape index (κ1) is 12.6. The van der Waals surface area contributed by atoms with Gasteiger partial charge < -0.3 is 5.32 Å². The highest BCUT2D eigenvalue weighted by Gasteiger charge is 2.67. The Balaban J connectivity index is 1.46. The summed E-state index contributed by atoms with van der Waals surface area (Å²) in [4.78, 5) is 2.91. The topological polar surface area (TPSA) is 15.3 Å². The number of piperazine rings is 1. The van der Waals surface area contributed by atoms with Crippen molar-refractivity contribution in [1.82, 2.24) is 10.2 Å². The first-order chi connectivity index (χ1) is 9.20. The van der Waals surface area contributed by atoms with Crippen molar-refractivity contribution >= 4 is 0 Å². The Kier molecular flexibility index (Phi) is 2.97. The van der Waals surface area contributed by atoms with Crippen molar-refractivity contribution in [2.24, 2.45) is 29.6 Å². The van der Waals surface area contributed by atoms with Crippen LogP contribution >= 0.6 is 0 Å². The second-order valence-electron chi connectivity index (χ2n) is 7.92. The summed E-state index contributed by atoms with van der Waals surface area (Å²) in [5.74, 6) is 5.27. The predicted octanol–water partition coefficient (Wildman–Crippen LogP) is 2.74. The van der Waals surface area contributed by atoms with Gasteiger partial charge in [-0.1, -0.05) is 20.3 Å². The average molecular weight is 262 g/mol. The molecule has 1 saturated heterocycles. The fraction of sp³-hybridized carbons (Fsp3) is 1.00. The first-order valence-corrected chi connectivity index (χ1v) is 8.69. The van der Waals surface area contributed by atoms with E-state index in [4.69, 9.17) is 0 Å². The van der Waals surface area contributed by atoms with Crippen LogP contribution in [-0.4, -0.2) is 36.1 Å². The summed E-state index contributed by atoms with van der Waals surface area (Å²) in [6, 6.07) is 2.48. The van der Waals surface area contributed by atoms with Crippen LogP contribution in [0.4, 0.5) is 0 Å². The maximum Gasteiger partial charge on any atom is 0.0221 e. The van der Waals surface area contributed by atoms with Crippen molar-refractivity contribution in [3.63, 3.8) is 0 Å². The summed E-state index contributed by atoms with van der Waals surface area (Å²) in [6.45, 7) is 9.72. The minimum Gasteiger partial charge on any atom is -0.311 e. The third kappa shape index (κ3) is 1.82. The lowest BCUT2D eigenvalue weighted by Gasteiger charge is -2.42. The van der Waals surface area contributed by atoms with Crippen molar-refractivity contribution in [1.29, 1.82) is 0 Å². The summed E-state index contributed by atoms with van der Waals surface area (Å²) in [5.41, 5.74) is 0. The highest BCUT2D eigenvalue weighted by molar-refractivity contribution is 5.18. The number of hydrogen-bond donors (Lipinski definition) is 1. The van der Waals surface area contributed by atoms with E-state index in [1.807, 2.05) is 0 Å². The third-order valence-electron chi connectivity index (χ3n) is 7.06. The molecule has 0 aromatic heterocycles. The summed E-state index contributed by atoms with van der Waals surface area (Å²) < 4.78 is 0. The molecule has 0 aromatic rings. The van der Waals surface area contributed by atoms with Crippen molar-refractivity contribution in [2.45, 2.75) is 64.6 Å². The van der Waals surface area contributed by atoms with Gasteiger partial charge in [0, 0.05) is 31.2 Å². The monoisotopic (exact) mass is 262 g/mol. The van der Waals surface area contributed by atoms with Gasteiger partial charge in [-0.2, -0.15) is 0 Å². The second kappa shape index (κ2) is 4.46. The molecule has 0 aromatic carbocycles. The van der Waals surface area contributed by atoms with Gasteiger partial charge in [0.15, 0.2) is 0 Å². The van der Waals surface area contributed by atoms with E-state index in [-0.39, 0.29) is 0 Å². The van der Waals surface area contributed by atoms with Crippen LogP contribution in [-0.2, 0) is 0 Å². The van der Waals surface area contributed by atoms with Gasteiger partial charge in [-0.25, -0.2) is 0 Å². The van der Waals surface area contributed by atoms with Gasteiger partial charge in [0.2, 0.25) is 0 Å². The predicted molar refractivity (Wildman–Crippen MR) is 79.0 cm³/mol. The summed E-state index contributed by atoms with van der Waals surface area (Å²) >= 11 is 0. The van der Waals surface area contributed by atoms with Gasteiger partial charge in [0.1, 0.15) is 0 Å². The molecule has 1 aliphatic heterocycles. The molecule has 1 N–H and O–H groups in total. The highest BCUT2D eigenvalue weighted by atomic mass is 15.3. The van der Waals surface area contributed by atoms with E-state index in [1.165, 1.54) is 19.5 Å². The van der Waals surface area contributed by atoms with Gasteiger partial charge >= 0.3 is 0 Å². The van der Waals surface area contributed by atoms with E-state index in [1.54, 1.807) is 19.3 Å². The molecule has 7 unspecified atom stereocenters. The molecule has 2 bridgehead atoms. The quantitative estimate of drug-likeness (QED) is 0.841. The molecule has 0 radical (unpaired) electrons. The molecule has 2 heteroatoms. The van der Waals surface area contributed by atoms with Crippen LogP contribution < -0.4 is 5.32 Å². The molecule has 4 aliphatic rings. The minimum absolute atomic E-state index is 0.736. The number of hydrogen-bond acceptors (Lipinski definition) is 2. The molecule has 0 amide bonds. The molecular formula is C17H30N2. The normalized spacial score (nSPS) is 54.2. The molecule has 3 saturated carbocycles. The maximum absolute atomic E-state index is 3.79. The van der Waals surface area contributed by atoms with E-state index in [0.717, 1.165) is 47.7 Å². The second-order valence-corrected chi connectivity index (χ2v) is 7.92. The third-order valence-corrected chi connectivity index (χ3v) is 7.06. The fourth-order valence-corrected chi connectivity index (χ4v) is 5.71. The highest BCUT2D eigenvalue weighted by Crippen LogP contribution is 2.67. The average Bonchev–Trinajstić information content (AvgIpc) is 2.85. The lowest BCUT2D eigenvalue weighted by molar-refractivity contribution is 0.0928. The van der Waals surface area contributed by atoms with Crippen LogP contribution in [0, 0.1) is 29.6 Å². The number of nitrogens with zero attached hydrogens (tertiary/aromatic N) is 1. The van der Waals surface area contributed by atoms with Crippen LogP contribution in [0.25, 0.3) is 0 Å². The number of fused-ring (bicyclic) bond motifs is 5. The van der Waals surface area contributed by atoms with E-state index >= 15 is 0 Å². The molecule has 19 heavy (non-hydrogen) atoms. The van der Waals surface area contributed by atoms with Crippen molar-refractivity contribution in [3.8, 4) is 0 Å². The molecule has 2 nitrogen and oxygen atoms in total. The lowest BCUT2D eigenvalue weighted by atomic mass is 9.94. The Morgan fingerprint density at radius 3 is 2.53 bits per heavy atom. The largest absolute Gasteiger partial charge is 0.311 e. The molecule has 7 atom stereocenters. The van der Waals surface area contributed by atoms with Crippen molar-refractivity contribution < 1.29 is 0 Å². The number of nitrogens with one attached hydrogen (secondary N) is 1. The zero-order chi connectivity index (χ0) is 13.1. The van der Waals surface area contributed by atoms with E-state index in [9.17, 15) is 0 Å². The zero-order valence-corrected chi connectivity index (χ0v) is 12.8. The minimum atomic E-state index is 0.736. The molecule has 0 spiro atoms. The summed E-state index contributed by atoms with van der Waals surface area (Å²) in [5, 5.41) is 3.79. The van der Waals surface area contributed by atoms with Crippen molar-refractivity contribution in [3.05, 3.63) is 0 Å². The molecule has 4 fully saturated rings. The Labute approximate surface area is 118 Å². The van der Waals surface area contributed by atoms with Gasteiger partial charge in [-0.05, 0) is 55.8 Å². The van der Waals surface area contributed by atoms with Crippen LogP contribution in [0.1, 0.15) is 46.5 Å². The lowest BCUT2D eigenvalue weighted by Crippen LogP contribution is -2.58. The molecular weight excluding hydrogens is 232 g/mol. The van der Waals surface area contributed by atoms with Crippen LogP contribution in [0.15, 0.2) is 0 Å². The summed E-state index contributed by atoms with van der Waals surface area (Å²) in [7, 11) is 0. The van der Waals surface area contributed by atoms with Gasteiger partial charge in [0.25, 0.3) is 0 Å². The van der Waals surface area contributed by atoms with Crippen LogP contribution in [0.5, 0.6) is 0 Å². The SMILES string of the molecule is CCC(C)C1CN(C2C3C4CCC(C4)C32)C(C)CN1. The van der Waals surface area contributed by atoms with Crippen LogP contribution in [0.3, 0.4) is 0 Å².